The SMILES string of the molecule is CCOC(=O)C(C)OC(=O)[C@@H](NC(C)CCc1ccccc1)C(O)c1ccc(O)c(O)c1. The summed E-state index contributed by atoms with van der Waals surface area (Å²) >= 11 is 0. The van der Waals surface area contributed by atoms with Gasteiger partial charge in [0.1, 0.15) is 12.1 Å². The fraction of sp³-hybridized carbons (Fsp3) is 0.417. The molecule has 0 bridgehead atoms. The van der Waals surface area contributed by atoms with E-state index >= 15 is 0 Å². The van der Waals surface area contributed by atoms with Crippen LogP contribution >= 0.6 is 0 Å². The summed E-state index contributed by atoms with van der Waals surface area (Å²) in [5, 5.41) is 33.3. The van der Waals surface area contributed by atoms with Crippen molar-refractivity contribution in [2.45, 2.75) is 57.9 Å². The highest BCUT2D eigenvalue weighted by Crippen LogP contribution is 2.29. The first kappa shape index (κ1) is 25.2. The van der Waals surface area contributed by atoms with Gasteiger partial charge in [0.15, 0.2) is 17.6 Å². The Kier molecular flexibility index (Phi) is 9.49. The molecule has 0 aliphatic heterocycles. The van der Waals surface area contributed by atoms with E-state index in [1.54, 1.807) is 6.92 Å². The van der Waals surface area contributed by atoms with Crippen LogP contribution in [0.25, 0.3) is 0 Å². The van der Waals surface area contributed by atoms with Crippen LogP contribution in [0.3, 0.4) is 0 Å². The lowest BCUT2D eigenvalue weighted by atomic mass is 9.99. The van der Waals surface area contributed by atoms with Gasteiger partial charge in [-0.05, 0) is 56.9 Å². The number of nitrogens with one attached hydrogen (secondary N) is 1. The number of carbonyl (C=O) groups excluding carboxylic acids is 2. The van der Waals surface area contributed by atoms with Crippen LogP contribution in [-0.2, 0) is 25.5 Å². The molecule has 2 rings (SSSR count). The number of phenolic OH excluding ortho intramolecular Hbond substituents is 2. The van der Waals surface area contributed by atoms with E-state index in [1.165, 1.54) is 25.1 Å². The van der Waals surface area contributed by atoms with Gasteiger partial charge >= 0.3 is 11.9 Å². The number of aliphatic hydroxyl groups is 1. The standard InChI is InChI=1S/C24H31NO7/c1-4-31-23(29)16(3)32-24(30)21(22(28)18-12-13-19(26)20(27)14-18)25-15(2)10-11-17-8-6-5-7-9-17/h5-9,12-16,21-22,25-28H,4,10-11H2,1-3H3/t15?,16?,21-,22?/m0/s1. The quantitative estimate of drug-likeness (QED) is 0.307. The Morgan fingerprint density at radius 1 is 1.00 bits per heavy atom. The summed E-state index contributed by atoms with van der Waals surface area (Å²) in [4.78, 5) is 24.7. The van der Waals surface area contributed by atoms with Crippen molar-refractivity contribution < 1.29 is 34.4 Å². The van der Waals surface area contributed by atoms with E-state index in [0.717, 1.165) is 12.0 Å². The zero-order chi connectivity index (χ0) is 23.7. The number of aliphatic hydroxyl groups excluding tert-OH is 1. The highest BCUT2D eigenvalue weighted by atomic mass is 16.6. The number of aryl methyl sites for hydroxylation is 1. The van der Waals surface area contributed by atoms with Crippen LogP contribution in [0.5, 0.6) is 11.5 Å². The van der Waals surface area contributed by atoms with Gasteiger partial charge in [0.05, 0.1) is 6.61 Å². The van der Waals surface area contributed by atoms with Crippen LogP contribution in [0.1, 0.15) is 44.4 Å². The van der Waals surface area contributed by atoms with Gasteiger partial charge < -0.3 is 24.8 Å². The Bertz CT molecular complexity index is 887. The number of carbonyl (C=O) groups is 2. The van der Waals surface area contributed by atoms with Crippen LogP contribution in [0.2, 0.25) is 0 Å². The summed E-state index contributed by atoms with van der Waals surface area (Å²) in [7, 11) is 0. The maximum absolute atomic E-state index is 12.9. The third kappa shape index (κ3) is 7.25. The third-order valence-electron chi connectivity index (χ3n) is 5.00. The molecule has 0 saturated carbocycles. The largest absolute Gasteiger partial charge is 0.504 e. The number of benzene rings is 2. The second-order valence-corrected chi connectivity index (χ2v) is 7.59. The summed E-state index contributed by atoms with van der Waals surface area (Å²) in [6.07, 6.45) is -1.12. The minimum Gasteiger partial charge on any atom is -0.504 e. The predicted octanol–water partition coefficient (Wildman–Crippen LogP) is 2.61. The zero-order valence-corrected chi connectivity index (χ0v) is 18.5. The average Bonchev–Trinajstić information content (AvgIpc) is 2.78. The van der Waals surface area contributed by atoms with Gasteiger partial charge in [-0.3, -0.25) is 10.1 Å². The van der Waals surface area contributed by atoms with Gasteiger partial charge in [-0.25, -0.2) is 4.79 Å². The molecular formula is C24H31NO7. The van der Waals surface area contributed by atoms with Gasteiger partial charge in [0, 0.05) is 6.04 Å². The van der Waals surface area contributed by atoms with Crippen LogP contribution in [0, 0.1) is 0 Å². The molecule has 0 spiro atoms. The Balaban J connectivity index is 2.15. The lowest BCUT2D eigenvalue weighted by Crippen LogP contribution is -2.48. The molecule has 0 aromatic heterocycles. The van der Waals surface area contributed by atoms with E-state index in [1.807, 2.05) is 37.3 Å². The average molecular weight is 446 g/mol. The molecule has 3 unspecified atom stereocenters. The molecule has 0 aliphatic rings. The Morgan fingerprint density at radius 2 is 1.69 bits per heavy atom. The number of hydrogen-bond acceptors (Lipinski definition) is 8. The van der Waals surface area contributed by atoms with Gasteiger partial charge in [-0.2, -0.15) is 0 Å². The summed E-state index contributed by atoms with van der Waals surface area (Å²) in [5.41, 5.74) is 1.34. The first-order valence-corrected chi connectivity index (χ1v) is 10.6. The maximum atomic E-state index is 12.9. The predicted molar refractivity (Wildman–Crippen MR) is 118 cm³/mol. The molecule has 2 aromatic carbocycles. The lowest BCUT2D eigenvalue weighted by molar-refractivity contribution is -0.169. The summed E-state index contributed by atoms with van der Waals surface area (Å²) in [6, 6.07) is 12.2. The van der Waals surface area contributed by atoms with Gasteiger partial charge in [0.2, 0.25) is 0 Å². The van der Waals surface area contributed by atoms with Crippen molar-refractivity contribution in [3.8, 4) is 11.5 Å². The van der Waals surface area contributed by atoms with Crippen molar-refractivity contribution in [1.82, 2.24) is 5.32 Å². The van der Waals surface area contributed by atoms with Crippen molar-refractivity contribution in [3.05, 3.63) is 59.7 Å². The first-order chi connectivity index (χ1) is 15.2. The lowest BCUT2D eigenvalue weighted by Gasteiger charge is -2.27. The minimum atomic E-state index is -1.40. The van der Waals surface area contributed by atoms with E-state index in [9.17, 15) is 24.9 Å². The topological polar surface area (TPSA) is 125 Å². The van der Waals surface area contributed by atoms with E-state index in [2.05, 4.69) is 5.32 Å². The van der Waals surface area contributed by atoms with Crippen molar-refractivity contribution in [2.75, 3.05) is 6.61 Å². The Hall–Kier alpha value is -3.10. The number of esters is 2. The Morgan fingerprint density at radius 3 is 2.31 bits per heavy atom. The molecule has 8 heteroatoms. The fourth-order valence-electron chi connectivity index (χ4n) is 3.18. The van der Waals surface area contributed by atoms with Crippen molar-refractivity contribution in [3.63, 3.8) is 0 Å². The van der Waals surface area contributed by atoms with Crippen molar-refractivity contribution >= 4 is 11.9 Å². The van der Waals surface area contributed by atoms with Gasteiger partial charge in [-0.1, -0.05) is 36.4 Å². The molecule has 0 radical (unpaired) electrons. The molecule has 8 nitrogen and oxygen atoms in total. The molecule has 0 fully saturated rings. The molecule has 32 heavy (non-hydrogen) atoms. The number of rotatable bonds is 11. The summed E-state index contributed by atoms with van der Waals surface area (Å²) < 4.78 is 10.1. The van der Waals surface area contributed by atoms with Gasteiger partial charge in [-0.15, -0.1) is 0 Å². The minimum absolute atomic E-state index is 0.147. The normalized spacial score (nSPS) is 14.8. The number of hydrogen-bond donors (Lipinski definition) is 4. The summed E-state index contributed by atoms with van der Waals surface area (Å²) in [5.74, 6) is -2.29. The molecule has 2 aromatic rings. The second-order valence-electron chi connectivity index (χ2n) is 7.59. The van der Waals surface area contributed by atoms with E-state index in [4.69, 9.17) is 9.47 Å². The molecule has 0 aliphatic carbocycles. The van der Waals surface area contributed by atoms with Crippen molar-refractivity contribution in [1.29, 1.82) is 0 Å². The van der Waals surface area contributed by atoms with E-state index in [0.29, 0.717) is 6.42 Å². The van der Waals surface area contributed by atoms with Crippen LogP contribution < -0.4 is 5.32 Å². The molecule has 4 N–H and O–H groups in total. The molecule has 4 atom stereocenters. The monoisotopic (exact) mass is 445 g/mol. The second kappa shape index (κ2) is 12.1. The fourth-order valence-corrected chi connectivity index (χ4v) is 3.18. The van der Waals surface area contributed by atoms with E-state index < -0.39 is 35.9 Å². The first-order valence-electron chi connectivity index (χ1n) is 10.6. The third-order valence-corrected chi connectivity index (χ3v) is 5.00. The van der Waals surface area contributed by atoms with Crippen LogP contribution in [0.4, 0.5) is 0 Å². The molecule has 0 saturated heterocycles. The smallest absolute Gasteiger partial charge is 0.347 e. The van der Waals surface area contributed by atoms with Crippen LogP contribution in [-0.4, -0.2) is 52.1 Å². The Labute approximate surface area is 187 Å². The number of ether oxygens (including phenoxy) is 2. The van der Waals surface area contributed by atoms with Crippen LogP contribution in [0.15, 0.2) is 48.5 Å². The number of phenols is 2. The number of aromatic hydroxyl groups is 2. The van der Waals surface area contributed by atoms with Gasteiger partial charge in [0.25, 0.3) is 0 Å². The zero-order valence-electron chi connectivity index (χ0n) is 18.5. The maximum Gasteiger partial charge on any atom is 0.347 e. The molecule has 174 valence electrons. The molecular weight excluding hydrogens is 414 g/mol. The van der Waals surface area contributed by atoms with Crippen molar-refractivity contribution in [2.24, 2.45) is 0 Å². The highest BCUT2D eigenvalue weighted by Gasteiger charge is 2.33. The summed E-state index contributed by atoms with van der Waals surface area (Å²) in [6.45, 7) is 5.06. The van der Waals surface area contributed by atoms with E-state index in [-0.39, 0.29) is 24.0 Å². The molecule has 0 heterocycles. The highest BCUT2D eigenvalue weighted by molar-refractivity contribution is 5.82. The molecule has 0 amide bonds.